The number of hydrogen-bond acceptors (Lipinski definition) is 13. The molecule has 5 aromatic rings. The second-order valence-corrected chi connectivity index (χ2v) is 11.9. The highest BCUT2D eigenvalue weighted by atomic mass is 19.1. The van der Waals surface area contributed by atoms with Crippen molar-refractivity contribution in [2.24, 2.45) is 0 Å². The average Bonchev–Trinajstić information content (AvgIpc) is 3.72. The lowest BCUT2D eigenvalue weighted by Gasteiger charge is -2.19. The number of hydrogen-bond donors (Lipinski definition) is 4. The maximum absolute atomic E-state index is 14.5. The minimum Gasteiger partial charge on any atom is -0.489 e. The molecule has 1 aliphatic heterocycles. The number of esters is 2. The van der Waals surface area contributed by atoms with E-state index in [2.05, 4.69) is 31.1 Å². The fraction of sp³-hybridized carbons (Fsp3) is 0.324. The average molecular weight is 714 g/mol. The normalized spacial score (nSPS) is 11.8. The predicted octanol–water partition coefficient (Wildman–Crippen LogP) is 6.24. The van der Waals surface area contributed by atoms with Gasteiger partial charge in [-0.15, -0.1) is 0 Å². The van der Waals surface area contributed by atoms with Gasteiger partial charge in [0.2, 0.25) is 5.95 Å². The summed E-state index contributed by atoms with van der Waals surface area (Å²) in [6, 6.07) is 18.7. The number of aryl methyl sites for hydroxylation is 1. The molecule has 3 heterocycles. The summed E-state index contributed by atoms with van der Waals surface area (Å²) in [6.07, 6.45) is 3.44. The Morgan fingerprint density at radius 1 is 0.962 bits per heavy atom. The fourth-order valence-corrected chi connectivity index (χ4v) is 5.34. The zero-order valence-electron chi connectivity index (χ0n) is 29.7. The third-order valence-electron chi connectivity index (χ3n) is 7.69. The predicted molar refractivity (Wildman–Crippen MR) is 198 cm³/mol. The van der Waals surface area contributed by atoms with Gasteiger partial charge in [0.05, 0.1) is 68.0 Å². The molecule has 15 heteroatoms. The fourth-order valence-electron chi connectivity index (χ4n) is 5.34. The molecule has 0 saturated carbocycles. The first-order valence-electron chi connectivity index (χ1n) is 17.1. The van der Waals surface area contributed by atoms with E-state index in [4.69, 9.17) is 19.9 Å². The first kappa shape index (κ1) is 37.3. The highest BCUT2D eigenvalue weighted by molar-refractivity contribution is 5.82. The molecule has 1 aliphatic rings. The van der Waals surface area contributed by atoms with Crippen molar-refractivity contribution in [2.75, 3.05) is 41.1 Å². The van der Waals surface area contributed by atoms with Gasteiger partial charge < -0.3 is 35.6 Å². The van der Waals surface area contributed by atoms with Crippen LogP contribution in [0.25, 0.3) is 10.9 Å². The highest BCUT2D eigenvalue weighted by Crippen LogP contribution is 2.31. The molecule has 14 nitrogen and oxygen atoms in total. The van der Waals surface area contributed by atoms with E-state index in [-0.39, 0.29) is 36.2 Å². The van der Waals surface area contributed by atoms with Crippen LogP contribution in [0.2, 0.25) is 0 Å². The number of para-hydroxylation sites is 2. The SMILES string of the molecule is CCOC(=O)CCN1NCc2ccc(Nc3ncc(F)c(Nc4ccccc4OC(C)C)n3)cc21.CCOC(=O)CCn1ncc2ccc(N)cc21. The van der Waals surface area contributed by atoms with Gasteiger partial charge in [-0.25, -0.2) is 14.8 Å². The lowest BCUT2D eigenvalue weighted by Crippen LogP contribution is -2.34. The van der Waals surface area contributed by atoms with Crippen LogP contribution in [0, 0.1) is 5.82 Å². The quantitative estimate of drug-likeness (QED) is 0.0754. The number of ether oxygens (including phenoxy) is 3. The van der Waals surface area contributed by atoms with Crippen LogP contribution in [-0.2, 0) is 32.2 Å². The van der Waals surface area contributed by atoms with Crippen molar-refractivity contribution in [1.82, 2.24) is 25.2 Å². The number of rotatable bonds is 14. The number of aromatic nitrogens is 4. The Hall–Kier alpha value is -5.96. The second kappa shape index (κ2) is 17.8. The van der Waals surface area contributed by atoms with Gasteiger partial charge >= 0.3 is 11.9 Å². The number of carbonyl (C=O) groups excluding carboxylic acids is 2. The topological polar surface area (TPSA) is 171 Å². The van der Waals surface area contributed by atoms with Gasteiger partial charge in [-0.3, -0.25) is 14.3 Å². The van der Waals surface area contributed by atoms with E-state index >= 15 is 0 Å². The molecule has 0 radical (unpaired) electrons. The number of anilines is 6. The molecule has 3 aromatic carbocycles. The second-order valence-electron chi connectivity index (χ2n) is 11.9. The van der Waals surface area contributed by atoms with E-state index in [1.807, 2.05) is 73.5 Å². The van der Waals surface area contributed by atoms with Gasteiger partial charge in [-0.2, -0.15) is 10.1 Å². The smallest absolute Gasteiger partial charge is 0.307 e. The number of carbonyl (C=O) groups is 2. The van der Waals surface area contributed by atoms with E-state index in [0.717, 1.165) is 34.0 Å². The molecule has 0 amide bonds. The Labute approximate surface area is 301 Å². The van der Waals surface area contributed by atoms with Gasteiger partial charge in [-0.05, 0) is 75.7 Å². The molecular weight excluding hydrogens is 669 g/mol. The Morgan fingerprint density at radius 2 is 1.71 bits per heavy atom. The van der Waals surface area contributed by atoms with E-state index in [1.54, 1.807) is 30.8 Å². The van der Waals surface area contributed by atoms with Gasteiger partial charge in [0.25, 0.3) is 0 Å². The molecule has 0 saturated heterocycles. The van der Waals surface area contributed by atoms with E-state index < -0.39 is 5.82 Å². The van der Waals surface area contributed by atoms with Crippen molar-refractivity contribution in [2.45, 2.75) is 59.7 Å². The number of benzene rings is 3. The minimum atomic E-state index is -0.585. The molecule has 2 aromatic heterocycles. The Balaban J connectivity index is 0.000000257. The number of nitrogens with zero attached hydrogens (tertiary/aromatic N) is 5. The molecule has 52 heavy (non-hydrogen) atoms. The van der Waals surface area contributed by atoms with Crippen LogP contribution in [0.15, 0.2) is 73.1 Å². The Morgan fingerprint density at radius 3 is 2.46 bits per heavy atom. The van der Waals surface area contributed by atoms with Crippen LogP contribution < -0.4 is 31.5 Å². The summed E-state index contributed by atoms with van der Waals surface area (Å²) in [6.45, 7) is 9.85. The highest BCUT2D eigenvalue weighted by Gasteiger charge is 2.20. The van der Waals surface area contributed by atoms with Crippen molar-refractivity contribution in [3.63, 3.8) is 0 Å². The van der Waals surface area contributed by atoms with Gasteiger partial charge in [0, 0.05) is 29.9 Å². The lowest BCUT2D eigenvalue weighted by atomic mass is 10.1. The van der Waals surface area contributed by atoms with Gasteiger partial charge in [0.15, 0.2) is 11.6 Å². The maximum Gasteiger partial charge on any atom is 0.307 e. The summed E-state index contributed by atoms with van der Waals surface area (Å²) in [7, 11) is 0. The standard InChI is InChI=1S/C25H29FN6O3.C12H15N3O2/c1-4-34-23(33)11-12-32-21-13-18(10-9-17(21)14-28-32)29-25-27-15-19(26)24(31-25)30-20-7-5-6-8-22(20)35-16(2)3;1-2-17-12(16)5-6-15-11-7-10(13)4-3-9(11)8-14-15/h5-10,13,15-16,28H,4,11-12,14H2,1-3H3,(H2,27,29,30,31);3-4,7-8H,2,5-6,13H2,1H3. The first-order valence-corrected chi connectivity index (χ1v) is 17.1. The summed E-state index contributed by atoms with van der Waals surface area (Å²) < 4.78 is 32.0. The molecular formula is C37H44FN9O5. The van der Waals surface area contributed by atoms with Crippen molar-refractivity contribution in [3.05, 3.63) is 84.4 Å². The van der Waals surface area contributed by atoms with Crippen LogP contribution >= 0.6 is 0 Å². The summed E-state index contributed by atoms with van der Waals surface area (Å²) >= 11 is 0. The number of nitrogen functional groups attached to an aromatic ring is 1. The minimum absolute atomic E-state index is 0.0289. The van der Waals surface area contributed by atoms with E-state index in [1.165, 1.54) is 0 Å². The number of halogens is 1. The molecule has 0 aliphatic carbocycles. The number of nitrogens with one attached hydrogen (secondary N) is 3. The third kappa shape index (κ3) is 10.1. The molecule has 6 rings (SSSR count). The molecule has 5 N–H and O–H groups in total. The van der Waals surface area contributed by atoms with Crippen LogP contribution in [0.3, 0.4) is 0 Å². The van der Waals surface area contributed by atoms with E-state index in [0.29, 0.717) is 56.4 Å². The Bertz CT molecular complexity index is 1990. The summed E-state index contributed by atoms with van der Waals surface area (Å²) in [5.74, 6) is -0.166. The summed E-state index contributed by atoms with van der Waals surface area (Å²) in [5, 5.41) is 13.3. The van der Waals surface area contributed by atoms with Crippen molar-refractivity contribution >= 4 is 57.4 Å². The maximum atomic E-state index is 14.5. The number of fused-ring (bicyclic) bond motifs is 2. The van der Waals surface area contributed by atoms with Crippen molar-refractivity contribution in [1.29, 1.82) is 0 Å². The molecule has 274 valence electrons. The lowest BCUT2D eigenvalue weighted by molar-refractivity contribution is -0.144. The molecule has 0 fully saturated rings. The van der Waals surface area contributed by atoms with Crippen LogP contribution in [-0.4, -0.2) is 57.5 Å². The first-order chi connectivity index (χ1) is 25.1. The van der Waals surface area contributed by atoms with Crippen molar-refractivity contribution < 1.29 is 28.2 Å². The largest absolute Gasteiger partial charge is 0.489 e. The van der Waals surface area contributed by atoms with Crippen molar-refractivity contribution in [3.8, 4) is 5.75 Å². The van der Waals surface area contributed by atoms with Crippen LogP contribution in [0.5, 0.6) is 5.75 Å². The molecule has 0 unspecified atom stereocenters. The van der Waals surface area contributed by atoms with E-state index in [9.17, 15) is 14.0 Å². The number of hydrazine groups is 1. The molecule has 0 atom stereocenters. The number of nitrogens with two attached hydrogens (primary N) is 1. The zero-order valence-corrected chi connectivity index (χ0v) is 29.7. The third-order valence-corrected chi connectivity index (χ3v) is 7.69. The van der Waals surface area contributed by atoms with Crippen LogP contribution in [0.4, 0.5) is 38.9 Å². The summed E-state index contributed by atoms with van der Waals surface area (Å²) in [4.78, 5) is 31.4. The zero-order chi connectivity index (χ0) is 37.0. The van der Waals surface area contributed by atoms with Crippen LogP contribution in [0.1, 0.15) is 46.1 Å². The van der Waals surface area contributed by atoms with Gasteiger partial charge in [0.1, 0.15) is 5.75 Å². The monoisotopic (exact) mass is 713 g/mol. The molecule has 0 spiro atoms. The molecule has 0 bridgehead atoms. The summed E-state index contributed by atoms with van der Waals surface area (Å²) in [5.41, 5.74) is 14.0. The Kier molecular flexibility index (Phi) is 12.8. The van der Waals surface area contributed by atoms with Gasteiger partial charge in [-0.1, -0.05) is 18.2 Å².